The van der Waals surface area contributed by atoms with Crippen LogP contribution in [0.1, 0.15) is 17.2 Å². The molecule has 0 radical (unpaired) electrons. The highest BCUT2D eigenvalue weighted by atomic mass is 16.6. The van der Waals surface area contributed by atoms with E-state index in [0.717, 1.165) is 30.8 Å². The second kappa shape index (κ2) is 4.81. The summed E-state index contributed by atoms with van der Waals surface area (Å²) in [5, 5.41) is 14.3. The monoisotopic (exact) mass is 235 g/mol. The first-order valence-electron chi connectivity index (χ1n) is 5.75. The number of nitrogens with zero attached hydrogens (tertiary/aromatic N) is 2. The predicted octanol–water partition coefficient (Wildman–Crippen LogP) is 1.48. The van der Waals surface area contributed by atoms with Crippen molar-refractivity contribution in [3.8, 4) is 0 Å². The Morgan fingerprint density at radius 3 is 2.94 bits per heavy atom. The summed E-state index contributed by atoms with van der Waals surface area (Å²) in [7, 11) is 2.01. The Kier molecular flexibility index (Phi) is 3.40. The van der Waals surface area contributed by atoms with E-state index in [4.69, 9.17) is 0 Å². The van der Waals surface area contributed by atoms with Gasteiger partial charge < -0.3 is 5.32 Å². The first-order chi connectivity index (χ1) is 8.09. The Balaban J connectivity index is 2.41. The number of nitro groups is 1. The van der Waals surface area contributed by atoms with Crippen LogP contribution in [0.5, 0.6) is 0 Å². The van der Waals surface area contributed by atoms with Crippen LogP contribution in [0, 0.1) is 17.0 Å². The summed E-state index contributed by atoms with van der Waals surface area (Å²) in [6.45, 7) is 4.58. The third kappa shape index (κ3) is 2.45. The second-order valence-electron chi connectivity index (χ2n) is 4.52. The largest absolute Gasteiger partial charge is 0.314 e. The van der Waals surface area contributed by atoms with Crippen LogP contribution in [0.4, 0.5) is 5.69 Å². The van der Waals surface area contributed by atoms with Gasteiger partial charge in [0.2, 0.25) is 0 Å². The summed E-state index contributed by atoms with van der Waals surface area (Å²) in [5.41, 5.74) is 2.09. The molecule has 5 heteroatoms. The molecule has 1 heterocycles. The Hall–Kier alpha value is -1.46. The van der Waals surface area contributed by atoms with Crippen LogP contribution in [0.15, 0.2) is 18.2 Å². The number of nitro benzene ring substituents is 1. The Morgan fingerprint density at radius 1 is 1.53 bits per heavy atom. The van der Waals surface area contributed by atoms with Crippen molar-refractivity contribution >= 4 is 5.69 Å². The Labute approximate surface area is 101 Å². The zero-order chi connectivity index (χ0) is 12.4. The average Bonchev–Trinajstić information content (AvgIpc) is 2.29. The predicted molar refractivity (Wildman–Crippen MR) is 66.1 cm³/mol. The number of piperazine rings is 1. The van der Waals surface area contributed by atoms with E-state index in [1.165, 1.54) is 0 Å². The lowest BCUT2D eigenvalue weighted by molar-refractivity contribution is -0.386. The summed E-state index contributed by atoms with van der Waals surface area (Å²) < 4.78 is 0. The number of aryl methyl sites for hydroxylation is 1. The van der Waals surface area contributed by atoms with Gasteiger partial charge in [-0.25, -0.2) is 0 Å². The minimum Gasteiger partial charge on any atom is -0.314 e. The number of rotatable bonds is 2. The third-order valence-corrected chi connectivity index (χ3v) is 3.25. The number of hydrogen-bond acceptors (Lipinski definition) is 4. The van der Waals surface area contributed by atoms with Crippen LogP contribution in [-0.2, 0) is 0 Å². The van der Waals surface area contributed by atoms with Crippen molar-refractivity contribution in [2.24, 2.45) is 0 Å². The van der Waals surface area contributed by atoms with Crippen LogP contribution >= 0.6 is 0 Å². The van der Waals surface area contributed by atoms with E-state index >= 15 is 0 Å². The van der Waals surface area contributed by atoms with Crippen LogP contribution in [0.25, 0.3) is 0 Å². The van der Waals surface area contributed by atoms with E-state index in [1.807, 2.05) is 20.0 Å². The van der Waals surface area contributed by atoms with Crippen molar-refractivity contribution in [2.45, 2.75) is 13.0 Å². The lowest BCUT2D eigenvalue weighted by Gasteiger charge is -2.33. The first kappa shape index (κ1) is 12.0. The minimum atomic E-state index is -0.294. The molecule has 1 unspecified atom stereocenters. The number of hydrogen-bond donors (Lipinski definition) is 1. The molecule has 0 aromatic heterocycles. The molecule has 17 heavy (non-hydrogen) atoms. The van der Waals surface area contributed by atoms with Crippen molar-refractivity contribution in [1.29, 1.82) is 0 Å². The van der Waals surface area contributed by atoms with E-state index in [-0.39, 0.29) is 16.7 Å². The summed E-state index contributed by atoms with van der Waals surface area (Å²) in [6.07, 6.45) is 0. The third-order valence-electron chi connectivity index (χ3n) is 3.25. The van der Waals surface area contributed by atoms with Crippen LogP contribution in [-0.4, -0.2) is 36.5 Å². The number of likely N-dealkylation sites (N-methyl/N-ethyl adjacent to an activating group) is 1. The van der Waals surface area contributed by atoms with E-state index in [9.17, 15) is 10.1 Å². The molecule has 0 aliphatic carbocycles. The molecule has 1 saturated heterocycles. The fourth-order valence-corrected chi connectivity index (χ4v) is 2.26. The van der Waals surface area contributed by atoms with Crippen molar-refractivity contribution in [3.05, 3.63) is 39.4 Å². The highest BCUT2D eigenvalue weighted by Gasteiger charge is 2.27. The smallest absolute Gasteiger partial charge is 0.274 e. The van der Waals surface area contributed by atoms with Crippen LogP contribution in [0.2, 0.25) is 0 Å². The zero-order valence-corrected chi connectivity index (χ0v) is 10.1. The molecule has 92 valence electrons. The van der Waals surface area contributed by atoms with Gasteiger partial charge >= 0.3 is 0 Å². The molecule has 1 fully saturated rings. The molecule has 0 spiro atoms. The lowest BCUT2D eigenvalue weighted by Crippen LogP contribution is -2.44. The van der Waals surface area contributed by atoms with Crippen molar-refractivity contribution in [3.63, 3.8) is 0 Å². The quantitative estimate of drug-likeness (QED) is 0.623. The van der Waals surface area contributed by atoms with Gasteiger partial charge in [-0.15, -0.1) is 0 Å². The van der Waals surface area contributed by atoms with Gasteiger partial charge in [-0.2, -0.15) is 0 Å². The molecule has 1 atom stereocenters. The number of nitrogens with one attached hydrogen (secondary N) is 1. The summed E-state index contributed by atoms with van der Waals surface area (Å²) in [5.74, 6) is 0. The molecule has 0 bridgehead atoms. The second-order valence-corrected chi connectivity index (χ2v) is 4.52. The maximum atomic E-state index is 11.0. The standard InChI is InChI=1S/C12H17N3O2/c1-9-3-4-11(15(16)17)10(7-9)12-8-13-5-6-14(12)2/h3-4,7,12-13H,5-6,8H2,1-2H3. The van der Waals surface area contributed by atoms with Gasteiger partial charge in [-0.05, 0) is 20.0 Å². The van der Waals surface area contributed by atoms with Gasteiger partial charge in [0.05, 0.1) is 11.0 Å². The van der Waals surface area contributed by atoms with Crippen molar-refractivity contribution in [2.75, 3.05) is 26.7 Å². The highest BCUT2D eigenvalue weighted by Crippen LogP contribution is 2.30. The fraction of sp³-hybridized carbons (Fsp3) is 0.500. The van der Waals surface area contributed by atoms with Crippen LogP contribution < -0.4 is 5.32 Å². The summed E-state index contributed by atoms with van der Waals surface area (Å²) in [4.78, 5) is 12.9. The van der Waals surface area contributed by atoms with E-state index < -0.39 is 0 Å². The maximum absolute atomic E-state index is 11.0. The molecule has 1 aliphatic heterocycles. The molecular formula is C12H17N3O2. The molecular weight excluding hydrogens is 218 g/mol. The van der Waals surface area contributed by atoms with Crippen LogP contribution in [0.3, 0.4) is 0 Å². The maximum Gasteiger partial charge on any atom is 0.274 e. The van der Waals surface area contributed by atoms with Gasteiger partial charge in [-0.1, -0.05) is 11.6 Å². The Bertz CT molecular complexity index is 434. The average molecular weight is 235 g/mol. The topological polar surface area (TPSA) is 58.4 Å². The van der Waals surface area contributed by atoms with E-state index in [0.29, 0.717) is 0 Å². The normalized spacial score (nSPS) is 21.4. The van der Waals surface area contributed by atoms with Gasteiger partial charge in [0.15, 0.2) is 0 Å². The molecule has 1 aromatic carbocycles. The van der Waals surface area contributed by atoms with E-state index in [1.54, 1.807) is 12.1 Å². The van der Waals surface area contributed by atoms with E-state index in [2.05, 4.69) is 10.2 Å². The molecule has 1 N–H and O–H groups in total. The molecule has 1 aromatic rings. The zero-order valence-electron chi connectivity index (χ0n) is 10.1. The van der Waals surface area contributed by atoms with Crippen molar-refractivity contribution < 1.29 is 4.92 Å². The van der Waals surface area contributed by atoms with Gasteiger partial charge in [-0.3, -0.25) is 15.0 Å². The molecule has 2 rings (SSSR count). The summed E-state index contributed by atoms with van der Waals surface area (Å²) in [6, 6.07) is 5.40. The molecule has 0 amide bonds. The SMILES string of the molecule is Cc1ccc([N+](=O)[O-])c(C2CNCCN2C)c1. The molecule has 5 nitrogen and oxygen atoms in total. The van der Waals surface area contributed by atoms with Gasteiger partial charge in [0.1, 0.15) is 0 Å². The van der Waals surface area contributed by atoms with Gasteiger partial charge in [0, 0.05) is 31.3 Å². The van der Waals surface area contributed by atoms with Crippen molar-refractivity contribution in [1.82, 2.24) is 10.2 Å². The highest BCUT2D eigenvalue weighted by molar-refractivity contribution is 5.45. The molecule has 1 aliphatic rings. The molecule has 0 saturated carbocycles. The van der Waals surface area contributed by atoms with Gasteiger partial charge in [0.25, 0.3) is 5.69 Å². The Morgan fingerprint density at radius 2 is 2.29 bits per heavy atom. The summed E-state index contributed by atoms with van der Waals surface area (Å²) >= 11 is 0. The number of benzene rings is 1. The lowest BCUT2D eigenvalue weighted by atomic mass is 9.99. The first-order valence-corrected chi connectivity index (χ1v) is 5.75. The minimum absolute atomic E-state index is 0.0871. The fourth-order valence-electron chi connectivity index (χ4n) is 2.26.